The van der Waals surface area contributed by atoms with Crippen molar-refractivity contribution in [1.82, 2.24) is 19.9 Å². The summed E-state index contributed by atoms with van der Waals surface area (Å²) in [5.41, 5.74) is 13.8. The molecule has 208 valence electrons. The smallest absolute Gasteiger partial charge is 0.258 e. The van der Waals surface area contributed by atoms with Crippen molar-refractivity contribution in [3.63, 3.8) is 0 Å². The highest BCUT2D eigenvalue weighted by atomic mass is 16.2. The highest BCUT2D eigenvalue weighted by molar-refractivity contribution is 5.99. The molecule has 0 saturated heterocycles. The summed E-state index contributed by atoms with van der Waals surface area (Å²) in [5.74, 6) is 5.56. The second kappa shape index (κ2) is 13.7. The first-order chi connectivity index (χ1) is 19.4. The third-order valence-corrected chi connectivity index (χ3v) is 6.90. The molecule has 40 heavy (non-hydrogen) atoms. The molecule has 0 bridgehead atoms. The zero-order valence-electron chi connectivity index (χ0n) is 23.3. The molecule has 0 atom stereocenters. The van der Waals surface area contributed by atoms with Crippen molar-refractivity contribution in [1.29, 1.82) is 0 Å². The maximum absolute atomic E-state index is 13.2. The Kier molecular flexibility index (Phi) is 9.83. The Bertz CT molecular complexity index is 1540. The lowest BCUT2D eigenvalue weighted by atomic mass is 9.99. The predicted octanol–water partition coefficient (Wildman–Crippen LogP) is 4.38. The highest BCUT2D eigenvalue weighted by Crippen LogP contribution is 2.28. The SMILES string of the molecule is CCCN(CCC)C(=O)/C(=C/c1ccc(-c2ccc3c(=O)n(CCc4ccccn4)ccc3c2)cc1N)CNN. The van der Waals surface area contributed by atoms with Crippen molar-refractivity contribution in [2.45, 2.75) is 39.7 Å². The molecule has 0 fully saturated rings. The molecule has 0 aliphatic heterocycles. The molecule has 5 N–H and O–H groups in total. The number of nitrogen functional groups attached to an aromatic ring is 1. The number of aryl methyl sites for hydroxylation is 2. The predicted molar refractivity (Wildman–Crippen MR) is 163 cm³/mol. The number of amides is 1. The van der Waals surface area contributed by atoms with E-state index in [0.29, 0.717) is 42.7 Å². The van der Waals surface area contributed by atoms with Gasteiger partial charge in [-0.2, -0.15) is 0 Å². The van der Waals surface area contributed by atoms with Gasteiger partial charge in [-0.15, -0.1) is 0 Å². The minimum atomic E-state index is -0.0367. The van der Waals surface area contributed by atoms with Gasteiger partial charge in [-0.3, -0.25) is 25.8 Å². The number of carbonyl (C=O) groups excluding carboxylic acids is 1. The lowest BCUT2D eigenvalue weighted by Gasteiger charge is -2.23. The van der Waals surface area contributed by atoms with Crippen LogP contribution in [0.15, 0.2) is 83.4 Å². The van der Waals surface area contributed by atoms with Crippen LogP contribution < -0.4 is 22.6 Å². The number of pyridine rings is 2. The third-order valence-electron chi connectivity index (χ3n) is 6.90. The molecule has 4 rings (SSSR count). The van der Waals surface area contributed by atoms with Gasteiger partial charge in [0.15, 0.2) is 0 Å². The minimum absolute atomic E-state index is 0.0223. The van der Waals surface area contributed by atoms with E-state index in [0.717, 1.165) is 40.6 Å². The minimum Gasteiger partial charge on any atom is -0.398 e. The molecule has 0 aliphatic carbocycles. The largest absolute Gasteiger partial charge is 0.398 e. The Morgan fingerprint density at radius 1 is 1.02 bits per heavy atom. The fourth-order valence-electron chi connectivity index (χ4n) is 4.85. The van der Waals surface area contributed by atoms with Crippen molar-refractivity contribution in [3.05, 3.63) is 100 Å². The maximum atomic E-state index is 13.2. The van der Waals surface area contributed by atoms with Gasteiger partial charge in [-0.25, -0.2) is 0 Å². The summed E-state index contributed by atoms with van der Waals surface area (Å²) in [5, 5.41) is 1.54. The molecule has 1 amide bonds. The molecule has 0 aliphatic rings. The molecule has 8 heteroatoms. The Morgan fingerprint density at radius 3 is 2.45 bits per heavy atom. The van der Waals surface area contributed by atoms with E-state index >= 15 is 0 Å². The quantitative estimate of drug-likeness (QED) is 0.107. The second-order valence-corrected chi connectivity index (χ2v) is 9.87. The van der Waals surface area contributed by atoms with Crippen LogP contribution in [0, 0.1) is 0 Å². The molecular weight excluding hydrogens is 500 g/mol. The van der Waals surface area contributed by atoms with Gasteiger partial charge in [-0.05, 0) is 77.4 Å². The van der Waals surface area contributed by atoms with Crippen molar-refractivity contribution in [2.75, 3.05) is 25.4 Å². The Labute approximate surface area is 235 Å². The molecule has 2 aromatic heterocycles. The zero-order chi connectivity index (χ0) is 28.5. The van der Waals surface area contributed by atoms with Gasteiger partial charge in [0.25, 0.3) is 11.5 Å². The molecule has 0 spiro atoms. The van der Waals surface area contributed by atoms with E-state index in [2.05, 4.69) is 24.3 Å². The van der Waals surface area contributed by atoms with Gasteiger partial charge < -0.3 is 15.2 Å². The summed E-state index contributed by atoms with van der Waals surface area (Å²) in [6, 6.07) is 19.4. The van der Waals surface area contributed by atoms with Gasteiger partial charge >= 0.3 is 0 Å². The van der Waals surface area contributed by atoms with Gasteiger partial charge in [0.05, 0.1) is 0 Å². The Hall–Kier alpha value is -4.27. The van der Waals surface area contributed by atoms with Crippen LogP contribution in [0.25, 0.3) is 28.0 Å². The van der Waals surface area contributed by atoms with Crippen LogP contribution in [0.1, 0.15) is 37.9 Å². The molecule has 0 saturated carbocycles. The standard InChI is InChI=1S/C32H38N6O2/c1-3-15-37(16-4-2)31(39)27(22-36-34)20-26-9-8-24(21-30(26)33)23-10-11-29-25(19-23)12-17-38(32(29)40)18-13-28-7-5-6-14-35-28/h5-12,14,17,19-21,36H,3-4,13,15-16,18,22,33-34H2,1-2H3/b27-20+. The highest BCUT2D eigenvalue weighted by Gasteiger charge is 2.17. The zero-order valence-corrected chi connectivity index (χ0v) is 23.3. The summed E-state index contributed by atoms with van der Waals surface area (Å²) in [6.07, 6.45) is 7.87. The van der Waals surface area contributed by atoms with Crippen molar-refractivity contribution in [3.8, 4) is 11.1 Å². The molecule has 2 aromatic carbocycles. The molecular formula is C32H38N6O2. The number of hydrazine groups is 1. The number of benzene rings is 2. The van der Waals surface area contributed by atoms with Crippen LogP contribution in [0.5, 0.6) is 0 Å². The van der Waals surface area contributed by atoms with Gasteiger partial charge in [0.1, 0.15) is 0 Å². The van der Waals surface area contributed by atoms with E-state index in [4.69, 9.17) is 11.6 Å². The number of nitrogens with two attached hydrogens (primary N) is 2. The lowest BCUT2D eigenvalue weighted by Crippen LogP contribution is -2.37. The van der Waals surface area contributed by atoms with Crippen LogP contribution in [0.4, 0.5) is 5.69 Å². The van der Waals surface area contributed by atoms with Gasteiger partial charge in [0, 0.05) is 67.3 Å². The van der Waals surface area contributed by atoms with Crippen LogP contribution in [-0.2, 0) is 17.8 Å². The number of aromatic nitrogens is 2. The normalized spacial score (nSPS) is 11.6. The third kappa shape index (κ3) is 6.83. The van der Waals surface area contributed by atoms with E-state index < -0.39 is 0 Å². The van der Waals surface area contributed by atoms with E-state index in [-0.39, 0.29) is 18.0 Å². The maximum Gasteiger partial charge on any atom is 0.258 e. The summed E-state index contributed by atoms with van der Waals surface area (Å²) < 4.78 is 1.73. The van der Waals surface area contributed by atoms with Crippen LogP contribution >= 0.6 is 0 Å². The number of rotatable bonds is 12. The number of nitrogens with one attached hydrogen (secondary N) is 1. The van der Waals surface area contributed by atoms with Crippen molar-refractivity contribution < 1.29 is 4.79 Å². The van der Waals surface area contributed by atoms with Gasteiger partial charge in [-0.1, -0.05) is 38.1 Å². The number of hydrogen-bond acceptors (Lipinski definition) is 6. The fourth-order valence-corrected chi connectivity index (χ4v) is 4.85. The number of nitrogens with zero attached hydrogens (tertiary/aromatic N) is 3. The first kappa shape index (κ1) is 28.7. The summed E-state index contributed by atoms with van der Waals surface area (Å²) in [6.45, 7) is 6.32. The second-order valence-electron chi connectivity index (χ2n) is 9.87. The summed E-state index contributed by atoms with van der Waals surface area (Å²) in [7, 11) is 0. The van der Waals surface area contributed by atoms with Crippen molar-refractivity contribution in [2.24, 2.45) is 5.84 Å². The average molecular weight is 539 g/mol. The van der Waals surface area contributed by atoms with E-state index in [9.17, 15) is 9.59 Å². The Balaban J connectivity index is 1.58. The first-order valence-corrected chi connectivity index (χ1v) is 13.8. The molecule has 2 heterocycles. The van der Waals surface area contributed by atoms with E-state index in [1.807, 2.05) is 77.8 Å². The van der Waals surface area contributed by atoms with E-state index in [1.165, 1.54) is 0 Å². The molecule has 0 radical (unpaired) electrons. The average Bonchev–Trinajstić information content (AvgIpc) is 2.97. The van der Waals surface area contributed by atoms with Gasteiger partial charge in [0.2, 0.25) is 0 Å². The van der Waals surface area contributed by atoms with Crippen LogP contribution in [0.3, 0.4) is 0 Å². The molecule has 0 unspecified atom stereocenters. The number of fused-ring (bicyclic) bond motifs is 1. The Morgan fingerprint density at radius 2 is 1.77 bits per heavy atom. The fraction of sp³-hybridized carbons (Fsp3) is 0.281. The van der Waals surface area contributed by atoms with E-state index in [1.54, 1.807) is 10.8 Å². The lowest BCUT2D eigenvalue weighted by molar-refractivity contribution is -0.127. The summed E-state index contributed by atoms with van der Waals surface area (Å²) >= 11 is 0. The number of carbonyl (C=O) groups is 1. The van der Waals surface area contributed by atoms with Crippen LogP contribution in [0.2, 0.25) is 0 Å². The number of anilines is 1. The summed E-state index contributed by atoms with van der Waals surface area (Å²) in [4.78, 5) is 32.5. The monoisotopic (exact) mass is 538 g/mol. The van der Waals surface area contributed by atoms with Crippen LogP contribution in [-0.4, -0.2) is 40.0 Å². The topological polar surface area (TPSA) is 119 Å². The molecule has 4 aromatic rings. The molecule has 8 nitrogen and oxygen atoms in total. The van der Waals surface area contributed by atoms with Crippen molar-refractivity contribution >= 4 is 28.4 Å². The first-order valence-electron chi connectivity index (χ1n) is 13.8. The number of hydrogen-bond donors (Lipinski definition) is 3.